The van der Waals surface area contributed by atoms with Crippen molar-refractivity contribution < 1.29 is 4.79 Å². The van der Waals surface area contributed by atoms with Gasteiger partial charge in [-0.1, -0.05) is 6.07 Å². The highest BCUT2D eigenvalue weighted by atomic mass is 79.9. The van der Waals surface area contributed by atoms with Gasteiger partial charge in [-0.2, -0.15) is 5.26 Å². The van der Waals surface area contributed by atoms with Gasteiger partial charge in [-0.25, -0.2) is 4.98 Å². The van der Waals surface area contributed by atoms with Crippen LogP contribution in [0.2, 0.25) is 0 Å². The Labute approximate surface area is 135 Å². The Morgan fingerprint density at radius 3 is 2.64 bits per heavy atom. The number of nitrogens with zero attached hydrogens (tertiary/aromatic N) is 2. The molecule has 2 N–H and O–H groups in total. The topological polar surface area (TPSA) is 98.6 Å². The molecule has 0 unspecified atom stereocenters. The molecule has 2 rings (SSSR count). The van der Waals surface area contributed by atoms with Gasteiger partial charge >= 0.3 is 0 Å². The first kappa shape index (κ1) is 15.9. The fourth-order valence-electron chi connectivity index (χ4n) is 1.89. The number of hydrogen-bond donors (Lipinski definition) is 2. The summed E-state index contributed by atoms with van der Waals surface area (Å²) in [5.41, 5.74) is -0.434. The van der Waals surface area contributed by atoms with E-state index < -0.39 is 17.0 Å². The molecule has 0 fully saturated rings. The Morgan fingerprint density at radius 1 is 1.36 bits per heavy atom. The second-order valence-corrected chi connectivity index (χ2v) is 5.99. The lowest BCUT2D eigenvalue weighted by atomic mass is 9.95. The van der Waals surface area contributed by atoms with Crippen LogP contribution in [0.25, 0.3) is 0 Å². The van der Waals surface area contributed by atoms with Crippen molar-refractivity contribution in [3.8, 4) is 6.07 Å². The third-order valence-electron chi connectivity index (χ3n) is 3.15. The summed E-state index contributed by atoms with van der Waals surface area (Å²) >= 11 is 3.25. The molecule has 1 amide bonds. The van der Waals surface area contributed by atoms with Gasteiger partial charge in [-0.05, 0) is 53.5 Å². The molecule has 0 atom stereocenters. The molecule has 2 aromatic rings. The molecule has 0 aliphatic carbocycles. The van der Waals surface area contributed by atoms with E-state index in [2.05, 4.69) is 31.2 Å². The zero-order valence-electron chi connectivity index (χ0n) is 12.0. The van der Waals surface area contributed by atoms with Crippen LogP contribution in [0.15, 0.2) is 39.9 Å². The Balaban J connectivity index is 2.26. The maximum Gasteiger partial charge on any atom is 0.261 e. The minimum absolute atomic E-state index is 0.0443. The van der Waals surface area contributed by atoms with Gasteiger partial charge in [0, 0.05) is 6.20 Å². The number of H-pyrrole nitrogens is 1. The summed E-state index contributed by atoms with van der Waals surface area (Å²) in [5, 5.41) is 11.5. The quantitative estimate of drug-likeness (QED) is 0.818. The predicted octanol–water partition coefficient (Wildman–Crippen LogP) is 2.07. The number of nitriles is 1. The van der Waals surface area contributed by atoms with Crippen molar-refractivity contribution in [2.75, 3.05) is 0 Å². The van der Waals surface area contributed by atoms with E-state index in [0.717, 1.165) is 5.56 Å². The van der Waals surface area contributed by atoms with E-state index in [9.17, 15) is 9.59 Å². The molecular weight excluding hydrogens is 348 g/mol. The number of carbonyl (C=O) groups is 1. The minimum atomic E-state index is -0.703. The number of carbonyl (C=O) groups excluding carboxylic acids is 1. The van der Waals surface area contributed by atoms with Crippen molar-refractivity contribution in [1.82, 2.24) is 15.3 Å². The molecule has 7 heteroatoms. The van der Waals surface area contributed by atoms with Gasteiger partial charge in [-0.3, -0.25) is 9.59 Å². The molecule has 0 saturated heterocycles. The fourth-order valence-corrected chi connectivity index (χ4v) is 2.12. The number of pyridine rings is 2. The number of halogens is 1. The van der Waals surface area contributed by atoms with Gasteiger partial charge in [-0.15, -0.1) is 0 Å². The summed E-state index contributed by atoms with van der Waals surface area (Å²) < 4.78 is 0.696. The van der Waals surface area contributed by atoms with Crippen LogP contribution in [0.3, 0.4) is 0 Å². The average Bonchev–Trinajstić information content (AvgIpc) is 2.46. The highest BCUT2D eigenvalue weighted by Gasteiger charge is 2.25. The lowest BCUT2D eigenvalue weighted by molar-refractivity contribution is 0.0910. The Hall–Kier alpha value is -2.46. The summed E-state index contributed by atoms with van der Waals surface area (Å²) in [7, 11) is 0. The van der Waals surface area contributed by atoms with E-state index in [-0.39, 0.29) is 11.3 Å². The maximum atomic E-state index is 12.3. The Bertz CT molecular complexity index is 804. The predicted molar refractivity (Wildman–Crippen MR) is 84.2 cm³/mol. The van der Waals surface area contributed by atoms with Crippen LogP contribution in [-0.2, 0) is 5.54 Å². The Morgan fingerprint density at radius 2 is 2.09 bits per heavy atom. The van der Waals surface area contributed by atoms with Crippen LogP contribution in [0, 0.1) is 11.3 Å². The molecule has 0 aliphatic heterocycles. The number of rotatable bonds is 3. The highest BCUT2D eigenvalue weighted by molar-refractivity contribution is 9.10. The standard InChI is InChI=1S/C15H13BrN4O2/c1-15(2,9-3-6-12(16)18-8-9)20-14(22)11-5-4-10(7-17)19-13(11)21/h3-6,8H,1-2H3,(H,19,21)(H,20,22). The van der Waals surface area contributed by atoms with Crippen LogP contribution in [-0.4, -0.2) is 15.9 Å². The van der Waals surface area contributed by atoms with Crippen molar-refractivity contribution >= 4 is 21.8 Å². The summed E-state index contributed by atoms with van der Waals surface area (Å²) in [6.07, 6.45) is 1.65. The van der Waals surface area contributed by atoms with Crippen molar-refractivity contribution in [2.24, 2.45) is 0 Å². The molecule has 0 saturated carbocycles. The molecule has 0 spiro atoms. The smallest absolute Gasteiger partial charge is 0.261 e. The summed E-state index contributed by atoms with van der Waals surface area (Å²) in [5.74, 6) is -0.515. The summed E-state index contributed by atoms with van der Waals surface area (Å²) in [6.45, 7) is 3.63. The van der Waals surface area contributed by atoms with Gasteiger partial charge in [0.25, 0.3) is 11.5 Å². The third kappa shape index (κ3) is 3.40. The van der Waals surface area contributed by atoms with Gasteiger partial charge in [0.2, 0.25) is 0 Å². The van der Waals surface area contributed by atoms with Crippen LogP contribution in [0.4, 0.5) is 0 Å². The molecule has 112 valence electrons. The van der Waals surface area contributed by atoms with Gasteiger partial charge in [0.05, 0.1) is 5.54 Å². The first-order valence-electron chi connectivity index (χ1n) is 6.41. The van der Waals surface area contributed by atoms with Crippen LogP contribution >= 0.6 is 15.9 Å². The van der Waals surface area contributed by atoms with Crippen molar-refractivity contribution in [3.05, 3.63) is 62.2 Å². The molecule has 0 aliphatic rings. The summed E-state index contributed by atoms with van der Waals surface area (Å²) in [4.78, 5) is 30.6. The van der Waals surface area contributed by atoms with E-state index >= 15 is 0 Å². The number of nitrogens with one attached hydrogen (secondary N) is 2. The van der Waals surface area contributed by atoms with Crippen molar-refractivity contribution in [3.63, 3.8) is 0 Å². The molecule has 22 heavy (non-hydrogen) atoms. The van der Waals surface area contributed by atoms with E-state index in [1.165, 1.54) is 12.1 Å². The third-order valence-corrected chi connectivity index (χ3v) is 3.62. The highest BCUT2D eigenvalue weighted by Crippen LogP contribution is 2.20. The summed E-state index contributed by atoms with van der Waals surface area (Å²) in [6, 6.07) is 8.15. The van der Waals surface area contributed by atoms with Crippen LogP contribution < -0.4 is 10.9 Å². The zero-order valence-corrected chi connectivity index (χ0v) is 13.6. The van der Waals surface area contributed by atoms with Crippen molar-refractivity contribution in [2.45, 2.75) is 19.4 Å². The van der Waals surface area contributed by atoms with E-state index in [1.807, 2.05) is 26.0 Å². The lowest BCUT2D eigenvalue weighted by Crippen LogP contribution is -2.42. The second kappa shape index (κ2) is 6.12. The number of aromatic amines is 1. The maximum absolute atomic E-state index is 12.3. The average molecular weight is 361 g/mol. The Kier molecular flexibility index (Phi) is 4.43. The lowest BCUT2D eigenvalue weighted by Gasteiger charge is -2.26. The van der Waals surface area contributed by atoms with E-state index in [0.29, 0.717) is 4.60 Å². The SMILES string of the molecule is CC(C)(NC(=O)c1ccc(C#N)[nH]c1=O)c1ccc(Br)nc1. The molecule has 6 nitrogen and oxygen atoms in total. The first-order chi connectivity index (χ1) is 10.3. The number of aromatic nitrogens is 2. The second-order valence-electron chi connectivity index (χ2n) is 5.18. The molecular formula is C15H13BrN4O2. The monoisotopic (exact) mass is 360 g/mol. The molecule has 0 bridgehead atoms. The normalized spacial score (nSPS) is 10.8. The molecule has 2 heterocycles. The van der Waals surface area contributed by atoms with Gasteiger partial charge < -0.3 is 10.3 Å². The van der Waals surface area contributed by atoms with E-state index in [1.54, 1.807) is 12.3 Å². The van der Waals surface area contributed by atoms with Crippen LogP contribution in [0.1, 0.15) is 35.5 Å². The first-order valence-corrected chi connectivity index (χ1v) is 7.21. The number of amides is 1. The van der Waals surface area contributed by atoms with Crippen LogP contribution in [0.5, 0.6) is 0 Å². The van der Waals surface area contributed by atoms with Gasteiger partial charge in [0.1, 0.15) is 21.9 Å². The minimum Gasteiger partial charge on any atom is -0.343 e. The van der Waals surface area contributed by atoms with Gasteiger partial charge in [0.15, 0.2) is 0 Å². The molecule has 0 radical (unpaired) electrons. The van der Waals surface area contributed by atoms with Crippen molar-refractivity contribution in [1.29, 1.82) is 5.26 Å². The fraction of sp³-hybridized carbons (Fsp3) is 0.200. The zero-order chi connectivity index (χ0) is 16.3. The molecule has 2 aromatic heterocycles. The van der Waals surface area contributed by atoms with E-state index in [4.69, 9.17) is 5.26 Å². The molecule has 0 aromatic carbocycles. The largest absolute Gasteiger partial charge is 0.343 e. The number of hydrogen-bond acceptors (Lipinski definition) is 4.